The van der Waals surface area contributed by atoms with Crippen LogP contribution < -0.4 is 14.9 Å². The van der Waals surface area contributed by atoms with Gasteiger partial charge in [0.05, 0.1) is 19.2 Å². The van der Waals surface area contributed by atoms with Gasteiger partial charge in [-0.05, 0) is 80.5 Å². The number of hydrogen-bond donors (Lipinski definition) is 1. The third kappa shape index (κ3) is 3.63. The summed E-state index contributed by atoms with van der Waals surface area (Å²) in [6.45, 7) is 0.508. The second-order valence-electron chi connectivity index (χ2n) is 9.23. The first-order valence-electron chi connectivity index (χ1n) is 10.7. The van der Waals surface area contributed by atoms with Crippen LogP contribution in [0, 0.1) is 17.8 Å². The molecule has 4 bridgehead atoms. The van der Waals surface area contributed by atoms with Crippen LogP contribution in [0.1, 0.15) is 54.6 Å². The van der Waals surface area contributed by atoms with E-state index in [1.54, 1.807) is 30.6 Å². The lowest BCUT2D eigenvalue weighted by molar-refractivity contribution is -0.000368. The summed E-state index contributed by atoms with van der Waals surface area (Å²) in [5.41, 5.74) is 1.92. The third-order valence-corrected chi connectivity index (χ3v) is 8.11. The SMILES string of the molecule is COc1ccc(C(=O)NCc2csc(=NC34CC5CC(CC(C5)C3)C4)n2C)cc1. The molecule has 2 aromatic rings. The Morgan fingerprint density at radius 2 is 1.79 bits per heavy atom. The fourth-order valence-electron chi connectivity index (χ4n) is 6.08. The summed E-state index contributed by atoms with van der Waals surface area (Å²) in [6.07, 6.45) is 8.15. The van der Waals surface area contributed by atoms with Crippen molar-refractivity contribution in [2.45, 2.75) is 50.6 Å². The molecular formula is C23H29N3O2S. The van der Waals surface area contributed by atoms with Crippen LogP contribution in [-0.4, -0.2) is 23.1 Å². The molecule has 0 saturated heterocycles. The largest absolute Gasteiger partial charge is 0.497 e. The summed E-state index contributed by atoms with van der Waals surface area (Å²) >= 11 is 1.71. The van der Waals surface area contributed by atoms with Gasteiger partial charge < -0.3 is 14.6 Å². The first kappa shape index (κ1) is 18.9. The first-order chi connectivity index (χ1) is 14.0. The van der Waals surface area contributed by atoms with Crippen molar-refractivity contribution in [2.24, 2.45) is 29.8 Å². The van der Waals surface area contributed by atoms with Crippen molar-refractivity contribution in [1.82, 2.24) is 9.88 Å². The summed E-state index contributed by atoms with van der Waals surface area (Å²) in [6, 6.07) is 7.19. The van der Waals surface area contributed by atoms with Crippen LogP contribution in [0.5, 0.6) is 5.75 Å². The highest BCUT2D eigenvalue weighted by atomic mass is 32.1. The van der Waals surface area contributed by atoms with Crippen molar-refractivity contribution in [2.75, 3.05) is 7.11 Å². The molecule has 1 heterocycles. The summed E-state index contributed by atoms with van der Waals surface area (Å²) in [5.74, 6) is 3.38. The maximum absolute atomic E-state index is 12.5. The summed E-state index contributed by atoms with van der Waals surface area (Å²) in [7, 11) is 3.70. The van der Waals surface area contributed by atoms with Gasteiger partial charge in [-0.3, -0.25) is 9.79 Å². The maximum atomic E-state index is 12.5. The standard InChI is InChI=1S/C23H29N3O2S/c1-26-19(13-24-21(27)18-3-5-20(28-2)6-4-18)14-29-22(26)25-23-10-15-7-16(11-23)9-17(8-15)12-23/h3-6,14-17H,7-13H2,1-2H3,(H,24,27). The second-order valence-corrected chi connectivity index (χ2v) is 10.1. The number of carbonyl (C=O) groups is 1. The average Bonchev–Trinajstić information content (AvgIpc) is 3.04. The number of nitrogens with one attached hydrogen (secondary N) is 1. The number of ether oxygens (including phenoxy) is 1. The van der Waals surface area contributed by atoms with Gasteiger partial charge >= 0.3 is 0 Å². The first-order valence-corrected chi connectivity index (χ1v) is 11.5. The number of benzene rings is 1. The number of nitrogens with zero attached hydrogens (tertiary/aromatic N) is 2. The molecule has 6 heteroatoms. The van der Waals surface area contributed by atoms with Gasteiger partial charge in [-0.15, -0.1) is 11.3 Å². The number of carbonyl (C=O) groups excluding carboxylic acids is 1. The van der Waals surface area contributed by atoms with Crippen LogP contribution in [0.2, 0.25) is 0 Å². The molecular weight excluding hydrogens is 382 g/mol. The topological polar surface area (TPSA) is 55.6 Å². The molecule has 1 N–H and O–H groups in total. The van der Waals surface area contributed by atoms with E-state index in [0.717, 1.165) is 34.0 Å². The number of aromatic nitrogens is 1. The zero-order valence-corrected chi connectivity index (χ0v) is 18.0. The molecule has 1 aromatic heterocycles. The normalized spacial score (nSPS) is 30.6. The minimum atomic E-state index is -0.0709. The van der Waals surface area contributed by atoms with Crippen molar-refractivity contribution in [3.63, 3.8) is 0 Å². The van der Waals surface area contributed by atoms with E-state index in [2.05, 4.69) is 22.3 Å². The predicted molar refractivity (Wildman–Crippen MR) is 114 cm³/mol. The van der Waals surface area contributed by atoms with Crippen LogP contribution >= 0.6 is 11.3 Å². The van der Waals surface area contributed by atoms with Crippen molar-refractivity contribution in [1.29, 1.82) is 0 Å². The Balaban J connectivity index is 1.30. The molecule has 1 aromatic carbocycles. The number of methoxy groups -OCH3 is 1. The minimum Gasteiger partial charge on any atom is -0.497 e. The Labute approximate surface area is 175 Å². The van der Waals surface area contributed by atoms with Gasteiger partial charge in [0.25, 0.3) is 5.91 Å². The van der Waals surface area contributed by atoms with Crippen LogP contribution in [0.25, 0.3) is 0 Å². The molecule has 0 spiro atoms. The Bertz CT molecular complexity index is 937. The van der Waals surface area contributed by atoms with Gasteiger partial charge in [0.1, 0.15) is 5.75 Å². The van der Waals surface area contributed by atoms with Gasteiger partial charge in [-0.1, -0.05) is 0 Å². The number of rotatable bonds is 5. The molecule has 0 aliphatic heterocycles. The highest BCUT2D eigenvalue weighted by Crippen LogP contribution is 2.57. The molecule has 5 nitrogen and oxygen atoms in total. The van der Waals surface area contributed by atoms with E-state index in [1.807, 2.05) is 12.1 Å². The molecule has 6 rings (SSSR count). The molecule has 4 fully saturated rings. The molecule has 0 radical (unpaired) electrons. The Kier molecular flexibility index (Phi) is 4.77. The van der Waals surface area contributed by atoms with Gasteiger partial charge in [0.2, 0.25) is 0 Å². The van der Waals surface area contributed by atoms with Gasteiger partial charge in [-0.25, -0.2) is 0 Å². The number of amides is 1. The van der Waals surface area contributed by atoms with Crippen molar-refractivity contribution in [3.8, 4) is 5.75 Å². The predicted octanol–water partition coefficient (Wildman–Crippen LogP) is 3.89. The van der Waals surface area contributed by atoms with Gasteiger partial charge in [0.15, 0.2) is 4.80 Å². The van der Waals surface area contributed by atoms with E-state index in [-0.39, 0.29) is 11.4 Å². The highest BCUT2D eigenvalue weighted by molar-refractivity contribution is 7.07. The lowest BCUT2D eigenvalue weighted by Crippen LogP contribution is -2.50. The third-order valence-electron chi connectivity index (χ3n) is 7.14. The van der Waals surface area contributed by atoms with E-state index in [1.165, 1.54) is 38.5 Å². The smallest absolute Gasteiger partial charge is 0.251 e. The maximum Gasteiger partial charge on any atom is 0.251 e. The van der Waals surface area contributed by atoms with Crippen LogP contribution in [0.3, 0.4) is 0 Å². The monoisotopic (exact) mass is 411 g/mol. The molecule has 1 amide bonds. The van der Waals surface area contributed by atoms with Crippen molar-refractivity contribution < 1.29 is 9.53 Å². The molecule has 29 heavy (non-hydrogen) atoms. The summed E-state index contributed by atoms with van der Waals surface area (Å²) < 4.78 is 7.32. The zero-order chi connectivity index (χ0) is 20.0. The lowest BCUT2D eigenvalue weighted by atomic mass is 9.53. The summed E-state index contributed by atoms with van der Waals surface area (Å²) in [4.78, 5) is 18.9. The lowest BCUT2D eigenvalue weighted by Gasteiger charge is -2.54. The minimum absolute atomic E-state index is 0.0709. The number of thiazole rings is 1. The Hall–Kier alpha value is -2.08. The van der Waals surface area contributed by atoms with Crippen LogP contribution in [0.15, 0.2) is 34.6 Å². The fraction of sp³-hybridized carbons (Fsp3) is 0.565. The molecule has 4 aliphatic carbocycles. The molecule has 0 atom stereocenters. The van der Waals surface area contributed by atoms with E-state index in [4.69, 9.17) is 9.73 Å². The Morgan fingerprint density at radius 3 is 2.38 bits per heavy atom. The van der Waals surface area contributed by atoms with Gasteiger partial charge in [0, 0.05) is 23.7 Å². The van der Waals surface area contributed by atoms with Gasteiger partial charge in [-0.2, -0.15) is 0 Å². The highest BCUT2D eigenvalue weighted by Gasteiger charge is 2.51. The van der Waals surface area contributed by atoms with E-state index in [9.17, 15) is 4.79 Å². The molecule has 4 aliphatic rings. The van der Waals surface area contributed by atoms with E-state index >= 15 is 0 Å². The van der Waals surface area contributed by atoms with Crippen molar-refractivity contribution in [3.05, 3.63) is 45.7 Å². The van der Waals surface area contributed by atoms with E-state index in [0.29, 0.717) is 12.1 Å². The quantitative estimate of drug-likeness (QED) is 0.811. The van der Waals surface area contributed by atoms with Crippen molar-refractivity contribution >= 4 is 17.2 Å². The molecule has 4 saturated carbocycles. The summed E-state index contributed by atoms with van der Waals surface area (Å²) in [5, 5.41) is 5.16. The molecule has 154 valence electrons. The number of hydrogen-bond acceptors (Lipinski definition) is 4. The van der Waals surface area contributed by atoms with E-state index < -0.39 is 0 Å². The second kappa shape index (κ2) is 7.31. The fourth-order valence-corrected chi connectivity index (χ4v) is 7.09. The van der Waals surface area contributed by atoms with Crippen LogP contribution in [0.4, 0.5) is 0 Å². The average molecular weight is 412 g/mol. The molecule has 0 unspecified atom stereocenters. The van der Waals surface area contributed by atoms with Crippen LogP contribution in [-0.2, 0) is 13.6 Å². The zero-order valence-electron chi connectivity index (χ0n) is 17.2. The Morgan fingerprint density at radius 1 is 1.17 bits per heavy atom.